The van der Waals surface area contributed by atoms with Crippen molar-refractivity contribution in [2.24, 2.45) is 0 Å². The summed E-state index contributed by atoms with van der Waals surface area (Å²) < 4.78 is 0. The van der Waals surface area contributed by atoms with Gasteiger partial charge in [0.1, 0.15) is 12.6 Å². The number of rotatable bonds is 6. The molecular weight excluding hydrogens is 296 g/mol. The van der Waals surface area contributed by atoms with E-state index in [1.807, 2.05) is 60.7 Å². The van der Waals surface area contributed by atoms with Crippen molar-refractivity contribution in [1.29, 1.82) is 0 Å². The monoisotopic (exact) mass is 316 g/mol. The second-order valence-electron chi connectivity index (χ2n) is 4.68. The zero-order valence-electron chi connectivity index (χ0n) is 12.8. The van der Waals surface area contributed by atoms with Crippen LogP contribution in [0, 0.1) is 0 Å². The number of aliphatic carboxylic acids is 2. The van der Waals surface area contributed by atoms with Gasteiger partial charge in [-0.3, -0.25) is 9.59 Å². The Morgan fingerprint density at radius 3 is 1.83 bits per heavy atom. The second kappa shape index (κ2) is 9.83. The van der Waals surface area contributed by atoms with Crippen LogP contribution in [0.1, 0.15) is 6.92 Å². The van der Waals surface area contributed by atoms with Crippen LogP contribution in [0.5, 0.6) is 0 Å². The van der Waals surface area contributed by atoms with Gasteiger partial charge in [0, 0.05) is 11.4 Å². The van der Waals surface area contributed by atoms with Crippen molar-refractivity contribution in [1.82, 2.24) is 0 Å². The van der Waals surface area contributed by atoms with E-state index < -0.39 is 18.0 Å². The number of hydrogen-bond donors (Lipinski definition) is 4. The predicted molar refractivity (Wildman–Crippen MR) is 89.7 cm³/mol. The van der Waals surface area contributed by atoms with Crippen LogP contribution in [0.25, 0.3) is 0 Å². The van der Waals surface area contributed by atoms with E-state index in [4.69, 9.17) is 10.2 Å². The first kappa shape index (κ1) is 18.0. The maximum absolute atomic E-state index is 10.4. The summed E-state index contributed by atoms with van der Waals surface area (Å²) in [6.07, 6.45) is 0. The molecule has 23 heavy (non-hydrogen) atoms. The fourth-order valence-corrected chi connectivity index (χ4v) is 1.58. The first-order valence-electron chi connectivity index (χ1n) is 7.04. The quantitative estimate of drug-likeness (QED) is 0.654. The molecule has 0 unspecified atom stereocenters. The highest BCUT2D eigenvalue weighted by Crippen LogP contribution is 2.06. The maximum Gasteiger partial charge on any atom is 0.325 e. The lowest BCUT2D eigenvalue weighted by Crippen LogP contribution is -2.25. The van der Waals surface area contributed by atoms with E-state index in [0.29, 0.717) is 0 Å². The van der Waals surface area contributed by atoms with Crippen LogP contribution in [0.4, 0.5) is 11.4 Å². The van der Waals surface area contributed by atoms with Crippen molar-refractivity contribution in [3.63, 3.8) is 0 Å². The number of carbonyl (C=O) groups is 2. The van der Waals surface area contributed by atoms with Crippen molar-refractivity contribution in [3.8, 4) is 0 Å². The Kier molecular flexibility index (Phi) is 7.71. The summed E-state index contributed by atoms with van der Waals surface area (Å²) in [6, 6.07) is 17.9. The molecule has 122 valence electrons. The van der Waals surface area contributed by atoms with E-state index in [0.717, 1.165) is 11.4 Å². The lowest BCUT2D eigenvalue weighted by molar-refractivity contribution is -0.137. The molecule has 1 atom stereocenters. The topological polar surface area (TPSA) is 98.7 Å². The van der Waals surface area contributed by atoms with Gasteiger partial charge in [0.2, 0.25) is 0 Å². The van der Waals surface area contributed by atoms with E-state index in [-0.39, 0.29) is 6.54 Å². The molecule has 2 rings (SSSR count). The minimum absolute atomic E-state index is 0.0377. The summed E-state index contributed by atoms with van der Waals surface area (Å²) in [7, 11) is 0. The highest BCUT2D eigenvalue weighted by Gasteiger charge is 2.08. The molecule has 2 aromatic rings. The number of benzene rings is 2. The second-order valence-corrected chi connectivity index (χ2v) is 4.68. The van der Waals surface area contributed by atoms with Crippen LogP contribution < -0.4 is 10.6 Å². The molecular formula is C17H20N2O4. The number of carboxylic acid groups (broad SMARTS) is 2. The third-order valence-electron chi connectivity index (χ3n) is 2.74. The third kappa shape index (κ3) is 8.11. The lowest BCUT2D eigenvalue weighted by atomic mass is 10.3. The highest BCUT2D eigenvalue weighted by atomic mass is 16.4. The zero-order chi connectivity index (χ0) is 17.1. The van der Waals surface area contributed by atoms with Crippen LogP contribution in [0.2, 0.25) is 0 Å². The molecule has 0 radical (unpaired) electrons. The first-order chi connectivity index (χ1) is 11.0. The highest BCUT2D eigenvalue weighted by molar-refractivity contribution is 5.76. The van der Waals surface area contributed by atoms with Crippen LogP contribution in [0.3, 0.4) is 0 Å². The summed E-state index contributed by atoms with van der Waals surface area (Å²) in [5.74, 6) is -1.70. The molecule has 0 aromatic heterocycles. The standard InChI is InChI=1S/C9H11NO2.C8H9NO2/c1-7(9(11)12)10-8-5-3-2-4-6-8;10-8(11)6-9-7-4-2-1-3-5-7/h2-7,10H,1H3,(H,11,12);1-5,9H,6H2,(H,10,11)/t7-;/m0./s1. The van der Waals surface area contributed by atoms with Crippen LogP contribution >= 0.6 is 0 Å². The SMILES string of the molecule is C[C@H](Nc1ccccc1)C(=O)O.O=C(O)CNc1ccccc1. The van der Waals surface area contributed by atoms with E-state index in [2.05, 4.69) is 10.6 Å². The van der Waals surface area contributed by atoms with Gasteiger partial charge in [-0.05, 0) is 31.2 Å². The van der Waals surface area contributed by atoms with E-state index in [1.165, 1.54) is 0 Å². The molecule has 0 aliphatic carbocycles. The molecule has 0 bridgehead atoms. The number of hydrogen-bond acceptors (Lipinski definition) is 4. The van der Waals surface area contributed by atoms with Crippen molar-refractivity contribution in [2.75, 3.05) is 17.2 Å². The van der Waals surface area contributed by atoms with Crippen molar-refractivity contribution in [3.05, 3.63) is 60.7 Å². The molecule has 0 aliphatic rings. The van der Waals surface area contributed by atoms with Crippen LogP contribution in [-0.2, 0) is 9.59 Å². The molecule has 0 amide bonds. The summed E-state index contributed by atoms with van der Waals surface area (Å²) in [6.45, 7) is 1.57. The molecule has 0 saturated heterocycles. The molecule has 0 spiro atoms. The first-order valence-corrected chi connectivity index (χ1v) is 7.04. The molecule has 4 N–H and O–H groups in total. The molecule has 0 heterocycles. The van der Waals surface area contributed by atoms with Crippen molar-refractivity contribution < 1.29 is 19.8 Å². The molecule has 0 fully saturated rings. The summed E-state index contributed by atoms with van der Waals surface area (Å²) in [5, 5.41) is 22.5. The fraction of sp³-hybridized carbons (Fsp3) is 0.176. The minimum atomic E-state index is -0.853. The molecule has 2 aromatic carbocycles. The number of nitrogens with one attached hydrogen (secondary N) is 2. The summed E-state index contributed by atoms with van der Waals surface area (Å²) in [4.78, 5) is 20.6. The van der Waals surface area contributed by atoms with Gasteiger partial charge in [0.25, 0.3) is 0 Å². The third-order valence-corrected chi connectivity index (χ3v) is 2.74. The summed E-state index contributed by atoms with van der Waals surface area (Å²) in [5.41, 5.74) is 1.65. The van der Waals surface area contributed by atoms with Gasteiger partial charge in [0.05, 0.1) is 0 Å². The van der Waals surface area contributed by atoms with Crippen LogP contribution in [-0.4, -0.2) is 34.7 Å². The average Bonchev–Trinajstić information content (AvgIpc) is 2.55. The average molecular weight is 316 g/mol. The van der Waals surface area contributed by atoms with Crippen LogP contribution in [0.15, 0.2) is 60.7 Å². The summed E-state index contributed by atoms with van der Waals surface area (Å²) >= 11 is 0. The van der Waals surface area contributed by atoms with Gasteiger partial charge in [-0.15, -0.1) is 0 Å². The number of para-hydroxylation sites is 2. The Hall–Kier alpha value is -3.02. The molecule has 0 saturated carbocycles. The maximum atomic E-state index is 10.4. The van der Waals surface area contributed by atoms with Gasteiger partial charge in [-0.1, -0.05) is 36.4 Å². The van der Waals surface area contributed by atoms with Crippen molar-refractivity contribution in [2.45, 2.75) is 13.0 Å². The van der Waals surface area contributed by atoms with Gasteiger partial charge in [-0.2, -0.15) is 0 Å². The molecule has 0 aliphatic heterocycles. The van der Waals surface area contributed by atoms with Gasteiger partial charge < -0.3 is 20.8 Å². The minimum Gasteiger partial charge on any atom is -0.480 e. The predicted octanol–water partition coefficient (Wildman–Crippen LogP) is 2.75. The fourth-order valence-electron chi connectivity index (χ4n) is 1.58. The Balaban J connectivity index is 0.000000231. The molecule has 6 heteroatoms. The normalized spacial score (nSPS) is 10.7. The van der Waals surface area contributed by atoms with Gasteiger partial charge >= 0.3 is 11.9 Å². The Morgan fingerprint density at radius 2 is 1.39 bits per heavy atom. The lowest BCUT2D eigenvalue weighted by Gasteiger charge is -2.09. The van der Waals surface area contributed by atoms with Crippen molar-refractivity contribution >= 4 is 23.3 Å². The zero-order valence-corrected chi connectivity index (χ0v) is 12.8. The van der Waals surface area contributed by atoms with Gasteiger partial charge in [0.15, 0.2) is 0 Å². The van der Waals surface area contributed by atoms with E-state index in [9.17, 15) is 9.59 Å². The van der Waals surface area contributed by atoms with Gasteiger partial charge in [-0.25, -0.2) is 0 Å². The molecule has 6 nitrogen and oxygen atoms in total. The van der Waals surface area contributed by atoms with E-state index >= 15 is 0 Å². The smallest absolute Gasteiger partial charge is 0.325 e. The largest absolute Gasteiger partial charge is 0.480 e. The Morgan fingerprint density at radius 1 is 0.913 bits per heavy atom. The Bertz CT molecular complexity index is 603. The Labute approximate surface area is 134 Å². The number of anilines is 2. The van der Waals surface area contributed by atoms with E-state index in [1.54, 1.807) is 6.92 Å². The number of carboxylic acids is 2.